The van der Waals surface area contributed by atoms with E-state index in [1.807, 2.05) is 0 Å². The summed E-state index contributed by atoms with van der Waals surface area (Å²) in [5, 5.41) is 23.3. The molecule has 0 saturated carbocycles. The van der Waals surface area contributed by atoms with E-state index < -0.39 is 0 Å². The number of amides is 1. The molecule has 8 nitrogen and oxygen atoms in total. The first-order valence-electron chi connectivity index (χ1n) is 9.59. The van der Waals surface area contributed by atoms with Gasteiger partial charge in [-0.25, -0.2) is 0 Å². The van der Waals surface area contributed by atoms with Crippen LogP contribution in [0.3, 0.4) is 0 Å². The Labute approximate surface area is 169 Å². The van der Waals surface area contributed by atoms with Crippen LogP contribution in [0.5, 0.6) is 17.2 Å². The highest BCUT2D eigenvalue weighted by Crippen LogP contribution is 2.26. The van der Waals surface area contributed by atoms with Gasteiger partial charge in [0, 0.05) is 11.1 Å². The summed E-state index contributed by atoms with van der Waals surface area (Å²) in [6, 6.07) is 11.5. The van der Waals surface area contributed by atoms with Crippen molar-refractivity contribution in [3.05, 3.63) is 53.6 Å². The lowest BCUT2D eigenvalue weighted by atomic mass is 10.1. The fourth-order valence-electron chi connectivity index (χ4n) is 3.02. The van der Waals surface area contributed by atoms with Crippen LogP contribution in [0, 0.1) is 5.41 Å². The molecule has 0 radical (unpaired) electrons. The Morgan fingerprint density at radius 1 is 1.17 bits per heavy atom. The van der Waals surface area contributed by atoms with Gasteiger partial charge in [-0.3, -0.25) is 10.2 Å². The molecule has 6 N–H and O–H groups in total. The zero-order chi connectivity index (χ0) is 20.6. The highest BCUT2D eigenvalue weighted by Gasteiger charge is 2.14. The van der Waals surface area contributed by atoms with Crippen LogP contribution >= 0.6 is 0 Å². The monoisotopic (exact) mass is 398 g/mol. The Hall–Kier alpha value is -3.26. The maximum atomic E-state index is 12.3. The fourth-order valence-corrected chi connectivity index (χ4v) is 3.02. The second kappa shape index (κ2) is 9.79. The minimum absolute atomic E-state index is 0.0503. The van der Waals surface area contributed by atoms with Gasteiger partial charge in [-0.2, -0.15) is 0 Å². The van der Waals surface area contributed by atoms with Gasteiger partial charge in [-0.1, -0.05) is 0 Å². The van der Waals surface area contributed by atoms with Crippen molar-refractivity contribution < 1.29 is 19.4 Å². The molecule has 8 heteroatoms. The number of piperidine rings is 1. The lowest BCUT2D eigenvalue weighted by Crippen LogP contribution is -2.34. The molecule has 1 aliphatic heterocycles. The molecular weight excluding hydrogens is 372 g/mol. The number of phenolic OH excluding ortho intramolecular Hbond substituents is 1. The Morgan fingerprint density at radius 2 is 1.86 bits per heavy atom. The summed E-state index contributed by atoms with van der Waals surface area (Å²) in [5.41, 5.74) is 6.42. The van der Waals surface area contributed by atoms with E-state index in [1.165, 1.54) is 18.2 Å². The number of aromatic hydroxyl groups is 1. The SMILES string of the molecule is N=C(N)c1ccc(O)c(OCCNC(=O)c2ccc(OC3CCNCC3)cc2)c1. The van der Waals surface area contributed by atoms with Crippen molar-refractivity contribution in [3.63, 3.8) is 0 Å². The number of carbonyl (C=O) groups excluding carboxylic acids is 1. The normalized spacial score (nSPS) is 14.2. The quantitative estimate of drug-likeness (QED) is 0.261. The van der Waals surface area contributed by atoms with E-state index in [0.29, 0.717) is 11.1 Å². The van der Waals surface area contributed by atoms with E-state index in [1.54, 1.807) is 24.3 Å². The van der Waals surface area contributed by atoms with Gasteiger partial charge in [0.2, 0.25) is 0 Å². The number of hydrogen-bond acceptors (Lipinski definition) is 6. The Kier molecular flexibility index (Phi) is 6.91. The third-order valence-corrected chi connectivity index (χ3v) is 4.62. The minimum atomic E-state index is -0.219. The Bertz CT molecular complexity index is 848. The van der Waals surface area contributed by atoms with Gasteiger partial charge < -0.3 is 30.9 Å². The molecule has 0 bridgehead atoms. The van der Waals surface area contributed by atoms with Crippen LogP contribution in [0.4, 0.5) is 0 Å². The largest absolute Gasteiger partial charge is 0.504 e. The van der Waals surface area contributed by atoms with E-state index in [9.17, 15) is 9.90 Å². The van der Waals surface area contributed by atoms with Gasteiger partial charge in [-0.15, -0.1) is 0 Å². The molecular formula is C21H26N4O4. The first-order chi connectivity index (χ1) is 14.0. The van der Waals surface area contributed by atoms with Gasteiger partial charge in [0.15, 0.2) is 11.5 Å². The van der Waals surface area contributed by atoms with Crippen LogP contribution in [0.15, 0.2) is 42.5 Å². The number of ether oxygens (including phenoxy) is 2. The lowest BCUT2D eigenvalue weighted by molar-refractivity contribution is 0.0947. The summed E-state index contributed by atoms with van der Waals surface area (Å²) in [6.07, 6.45) is 2.17. The van der Waals surface area contributed by atoms with Crippen LogP contribution in [-0.2, 0) is 0 Å². The number of nitrogens with one attached hydrogen (secondary N) is 3. The minimum Gasteiger partial charge on any atom is -0.504 e. The van der Waals surface area contributed by atoms with E-state index >= 15 is 0 Å². The summed E-state index contributed by atoms with van der Waals surface area (Å²) in [6.45, 7) is 2.35. The summed E-state index contributed by atoms with van der Waals surface area (Å²) < 4.78 is 11.4. The van der Waals surface area contributed by atoms with Crippen LogP contribution in [0.1, 0.15) is 28.8 Å². The number of amidine groups is 1. The van der Waals surface area contributed by atoms with Crippen LogP contribution in [-0.4, -0.2) is 49.2 Å². The molecule has 0 aromatic heterocycles. The molecule has 1 aliphatic rings. The molecule has 1 saturated heterocycles. The smallest absolute Gasteiger partial charge is 0.251 e. The second-order valence-corrected chi connectivity index (χ2v) is 6.79. The van der Waals surface area contributed by atoms with E-state index in [2.05, 4.69) is 10.6 Å². The van der Waals surface area contributed by atoms with E-state index in [-0.39, 0.29) is 42.5 Å². The first-order valence-corrected chi connectivity index (χ1v) is 9.59. The molecule has 1 fully saturated rings. The molecule has 1 amide bonds. The number of rotatable bonds is 8. The number of nitrogens with two attached hydrogens (primary N) is 1. The predicted molar refractivity (Wildman–Crippen MR) is 110 cm³/mol. The summed E-state index contributed by atoms with van der Waals surface area (Å²) >= 11 is 0. The number of benzene rings is 2. The van der Waals surface area contributed by atoms with Crippen LogP contribution in [0.25, 0.3) is 0 Å². The summed E-state index contributed by atoms with van der Waals surface area (Å²) in [7, 11) is 0. The maximum Gasteiger partial charge on any atom is 0.251 e. The van der Waals surface area contributed by atoms with Gasteiger partial charge in [0.05, 0.1) is 6.54 Å². The molecule has 0 aliphatic carbocycles. The van der Waals surface area contributed by atoms with Crippen LogP contribution < -0.4 is 25.8 Å². The average molecular weight is 398 g/mol. The van der Waals surface area contributed by atoms with Gasteiger partial charge >= 0.3 is 0 Å². The fraction of sp³-hybridized carbons (Fsp3) is 0.333. The zero-order valence-electron chi connectivity index (χ0n) is 16.1. The topological polar surface area (TPSA) is 130 Å². The molecule has 1 heterocycles. The Morgan fingerprint density at radius 3 is 2.55 bits per heavy atom. The van der Waals surface area contributed by atoms with E-state index in [4.69, 9.17) is 20.6 Å². The van der Waals surface area contributed by atoms with Crippen LogP contribution in [0.2, 0.25) is 0 Å². The van der Waals surface area contributed by atoms with Crippen molar-refractivity contribution in [1.29, 1.82) is 5.41 Å². The number of nitrogen functional groups attached to an aromatic ring is 1. The van der Waals surface area contributed by atoms with Crippen molar-refractivity contribution in [1.82, 2.24) is 10.6 Å². The highest BCUT2D eigenvalue weighted by molar-refractivity contribution is 5.95. The van der Waals surface area contributed by atoms with Gasteiger partial charge in [-0.05, 0) is 68.4 Å². The van der Waals surface area contributed by atoms with Crippen molar-refractivity contribution in [2.24, 2.45) is 5.73 Å². The predicted octanol–water partition coefficient (Wildman–Crippen LogP) is 1.62. The van der Waals surface area contributed by atoms with Crippen molar-refractivity contribution >= 4 is 11.7 Å². The molecule has 0 spiro atoms. The molecule has 0 unspecified atom stereocenters. The molecule has 154 valence electrons. The summed E-state index contributed by atoms with van der Waals surface area (Å²) in [4.78, 5) is 12.3. The van der Waals surface area contributed by atoms with Gasteiger partial charge in [0.25, 0.3) is 5.91 Å². The second-order valence-electron chi connectivity index (χ2n) is 6.79. The van der Waals surface area contributed by atoms with Crippen molar-refractivity contribution in [3.8, 4) is 17.2 Å². The molecule has 3 rings (SSSR count). The van der Waals surface area contributed by atoms with Crippen molar-refractivity contribution in [2.45, 2.75) is 18.9 Å². The highest BCUT2D eigenvalue weighted by atomic mass is 16.5. The number of phenols is 1. The molecule has 2 aromatic carbocycles. The zero-order valence-corrected chi connectivity index (χ0v) is 16.1. The summed E-state index contributed by atoms with van der Waals surface area (Å²) in [5.74, 6) is 0.592. The third kappa shape index (κ3) is 5.86. The average Bonchev–Trinajstić information content (AvgIpc) is 2.73. The number of carbonyl (C=O) groups is 1. The van der Waals surface area contributed by atoms with Crippen molar-refractivity contribution in [2.75, 3.05) is 26.2 Å². The third-order valence-electron chi connectivity index (χ3n) is 4.62. The lowest BCUT2D eigenvalue weighted by Gasteiger charge is -2.23. The standard InChI is InChI=1S/C21H26N4O4/c22-20(23)15-3-6-18(26)19(13-15)28-12-11-25-21(27)14-1-4-16(5-2-14)29-17-7-9-24-10-8-17/h1-6,13,17,24,26H,7-12H2,(H3,22,23)(H,25,27). The molecule has 29 heavy (non-hydrogen) atoms. The van der Waals surface area contributed by atoms with E-state index in [0.717, 1.165) is 31.7 Å². The number of hydrogen-bond donors (Lipinski definition) is 5. The van der Waals surface area contributed by atoms with Gasteiger partial charge in [0.1, 0.15) is 24.3 Å². The maximum absolute atomic E-state index is 12.3. The molecule has 2 aromatic rings. The first kappa shape index (κ1) is 20.5. The molecule has 0 atom stereocenters. The Balaban J connectivity index is 1.44.